The molecule has 1 aromatic rings. The van der Waals surface area contributed by atoms with Crippen molar-refractivity contribution in [3.63, 3.8) is 0 Å². The van der Waals surface area contributed by atoms with Crippen LogP contribution in [0.4, 0.5) is 0 Å². The Bertz CT molecular complexity index is 585. The molecule has 0 aliphatic carbocycles. The fraction of sp³-hybridized carbons (Fsp3) is 0.200. The van der Waals surface area contributed by atoms with Crippen molar-refractivity contribution < 1.29 is 0 Å². The Morgan fingerprint density at radius 2 is 2.37 bits per heavy atom. The minimum atomic E-state index is 0.883. The zero-order valence-corrected chi connectivity index (χ0v) is 11.3. The van der Waals surface area contributed by atoms with Gasteiger partial charge >= 0.3 is 0 Å². The molecular weight excluding hydrogens is 236 g/mol. The molecule has 0 aromatic carbocycles. The van der Waals surface area contributed by atoms with E-state index in [0.717, 1.165) is 23.4 Å². The summed E-state index contributed by atoms with van der Waals surface area (Å²) in [6.45, 7) is 3.85. The van der Waals surface area contributed by atoms with Crippen LogP contribution < -0.4 is 5.32 Å². The third-order valence-corrected chi connectivity index (χ3v) is 2.89. The van der Waals surface area contributed by atoms with Crippen molar-refractivity contribution in [1.29, 1.82) is 0 Å². The number of aliphatic imine (C=N–C) groups is 1. The molecule has 4 heteroatoms. The summed E-state index contributed by atoms with van der Waals surface area (Å²) < 4.78 is 1.78. The lowest BCUT2D eigenvalue weighted by Gasteiger charge is -2.07. The molecule has 0 radical (unpaired) electrons. The van der Waals surface area contributed by atoms with Crippen molar-refractivity contribution in [2.45, 2.75) is 6.42 Å². The summed E-state index contributed by atoms with van der Waals surface area (Å²) in [5.74, 6) is 0.914. The molecule has 2 heterocycles. The maximum Gasteiger partial charge on any atom is 0.121 e. The van der Waals surface area contributed by atoms with E-state index in [-0.39, 0.29) is 0 Å². The van der Waals surface area contributed by atoms with E-state index in [2.05, 4.69) is 34.1 Å². The van der Waals surface area contributed by atoms with Crippen LogP contribution in [0.25, 0.3) is 5.57 Å². The SMILES string of the molecule is C=C/C(=C\C=C1\C=NC(NC)=CC1)c1cnn(C)c1. The highest BCUT2D eigenvalue weighted by molar-refractivity contribution is 5.83. The number of nitrogens with one attached hydrogen (secondary N) is 1. The molecule has 1 aromatic heterocycles. The van der Waals surface area contributed by atoms with E-state index >= 15 is 0 Å². The van der Waals surface area contributed by atoms with Gasteiger partial charge in [-0.3, -0.25) is 4.68 Å². The molecular formula is C15H18N4. The van der Waals surface area contributed by atoms with Crippen LogP contribution in [0, 0.1) is 0 Å². The Morgan fingerprint density at radius 1 is 1.53 bits per heavy atom. The van der Waals surface area contributed by atoms with Crippen LogP contribution >= 0.6 is 0 Å². The average Bonchev–Trinajstić information content (AvgIpc) is 2.87. The van der Waals surface area contributed by atoms with Gasteiger partial charge in [-0.2, -0.15) is 5.10 Å². The average molecular weight is 254 g/mol. The van der Waals surface area contributed by atoms with Crippen LogP contribution in [0.3, 0.4) is 0 Å². The molecule has 1 aliphatic heterocycles. The molecule has 0 spiro atoms. The highest BCUT2D eigenvalue weighted by Gasteiger charge is 2.01. The topological polar surface area (TPSA) is 42.2 Å². The zero-order chi connectivity index (χ0) is 13.7. The first-order valence-electron chi connectivity index (χ1n) is 6.17. The number of hydrogen-bond donors (Lipinski definition) is 1. The predicted octanol–water partition coefficient (Wildman–Crippen LogP) is 2.45. The largest absolute Gasteiger partial charge is 0.373 e. The predicted molar refractivity (Wildman–Crippen MR) is 79.7 cm³/mol. The van der Waals surface area contributed by atoms with Gasteiger partial charge in [-0.1, -0.05) is 24.8 Å². The number of aryl methyl sites for hydroxylation is 1. The van der Waals surface area contributed by atoms with E-state index in [4.69, 9.17) is 0 Å². The van der Waals surface area contributed by atoms with E-state index in [1.165, 1.54) is 5.57 Å². The second kappa shape index (κ2) is 6.00. The summed E-state index contributed by atoms with van der Waals surface area (Å²) in [5.41, 5.74) is 3.29. The smallest absolute Gasteiger partial charge is 0.121 e. The first-order valence-corrected chi connectivity index (χ1v) is 6.17. The van der Waals surface area contributed by atoms with E-state index in [1.54, 1.807) is 4.68 Å². The summed E-state index contributed by atoms with van der Waals surface area (Å²) in [6, 6.07) is 0. The van der Waals surface area contributed by atoms with Crippen molar-refractivity contribution >= 4 is 11.8 Å². The standard InChI is InChI=1S/C15H18N4/c1-4-13(14-10-18-19(3)11-14)7-5-12-6-8-15(16-2)17-9-12/h4-5,7-11,16H,1,6H2,2-3H3/b12-5+,13-7+. The van der Waals surface area contributed by atoms with Crippen molar-refractivity contribution in [3.8, 4) is 0 Å². The maximum atomic E-state index is 4.30. The zero-order valence-electron chi connectivity index (χ0n) is 11.3. The van der Waals surface area contributed by atoms with Gasteiger partial charge in [-0.05, 0) is 23.6 Å². The van der Waals surface area contributed by atoms with Crippen molar-refractivity contribution in [2.24, 2.45) is 12.0 Å². The number of aromatic nitrogens is 2. The minimum Gasteiger partial charge on any atom is -0.373 e. The van der Waals surface area contributed by atoms with Gasteiger partial charge in [0.05, 0.1) is 6.20 Å². The summed E-state index contributed by atoms with van der Waals surface area (Å²) in [5, 5.41) is 7.19. The second-order valence-corrected chi connectivity index (χ2v) is 4.27. The minimum absolute atomic E-state index is 0.883. The Hall–Kier alpha value is -2.36. The van der Waals surface area contributed by atoms with Gasteiger partial charge in [0.25, 0.3) is 0 Å². The Kier molecular flexibility index (Phi) is 4.13. The molecule has 0 unspecified atom stereocenters. The van der Waals surface area contributed by atoms with E-state index in [9.17, 15) is 0 Å². The fourth-order valence-corrected chi connectivity index (χ4v) is 1.80. The Balaban J connectivity index is 2.15. The summed E-state index contributed by atoms with van der Waals surface area (Å²) >= 11 is 0. The number of rotatable bonds is 4. The normalized spacial score (nSPS) is 17.5. The highest BCUT2D eigenvalue weighted by atomic mass is 15.2. The summed E-state index contributed by atoms with van der Waals surface area (Å²) in [4.78, 5) is 4.30. The lowest BCUT2D eigenvalue weighted by molar-refractivity contribution is 0.767. The maximum absolute atomic E-state index is 4.30. The lowest BCUT2D eigenvalue weighted by Crippen LogP contribution is -2.06. The summed E-state index contributed by atoms with van der Waals surface area (Å²) in [7, 11) is 3.77. The molecule has 0 fully saturated rings. The molecule has 98 valence electrons. The highest BCUT2D eigenvalue weighted by Crippen LogP contribution is 2.16. The molecule has 4 nitrogen and oxygen atoms in total. The van der Waals surface area contributed by atoms with Gasteiger partial charge < -0.3 is 5.32 Å². The van der Waals surface area contributed by atoms with Crippen molar-refractivity contribution in [1.82, 2.24) is 15.1 Å². The van der Waals surface area contributed by atoms with Gasteiger partial charge in [-0.25, -0.2) is 4.99 Å². The van der Waals surface area contributed by atoms with Crippen molar-refractivity contribution in [3.05, 3.63) is 60.2 Å². The molecule has 0 amide bonds. The molecule has 1 N–H and O–H groups in total. The summed E-state index contributed by atoms with van der Waals surface area (Å²) in [6.07, 6.45) is 14.6. The van der Waals surface area contributed by atoms with Crippen LogP contribution in [0.15, 0.2) is 59.7 Å². The lowest BCUT2D eigenvalue weighted by atomic mass is 10.1. The molecule has 2 rings (SSSR count). The van der Waals surface area contributed by atoms with Gasteiger partial charge in [0, 0.05) is 32.1 Å². The molecule has 0 saturated carbocycles. The van der Waals surface area contributed by atoms with Gasteiger partial charge in [0.2, 0.25) is 0 Å². The van der Waals surface area contributed by atoms with E-state index < -0.39 is 0 Å². The molecule has 0 atom stereocenters. The van der Waals surface area contributed by atoms with E-state index in [0.29, 0.717) is 0 Å². The molecule has 0 bridgehead atoms. The van der Waals surface area contributed by atoms with Gasteiger partial charge in [-0.15, -0.1) is 0 Å². The number of allylic oxidation sites excluding steroid dienone is 6. The molecule has 0 saturated heterocycles. The van der Waals surface area contributed by atoms with Crippen LogP contribution in [0.5, 0.6) is 0 Å². The third kappa shape index (κ3) is 3.31. The van der Waals surface area contributed by atoms with Crippen molar-refractivity contribution in [2.75, 3.05) is 7.05 Å². The Labute approximate surface area is 113 Å². The molecule has 1 aliphatic rings. The van der Waals surface area contributed by atoms with Crippen LogP contribution in [-0.2, 0) is 7.05 Å². The van der Waals surface area contributed by atoms with E-state index in [1.807, 2.05) is 44.9 Å². The number of nitrogens with zero attached hydrogens (tertiary/aromatic N) is 3. The Morgan fingerprint density at radius 3 is 2.89 bits per heavy atom. The fourth-order valence-electron chi connectivity index (χ4n) is 1.80. The number of hydrogen-bond acceptors (Lipinski definition) is 3. The first-order chi connectivity index (χ1) is 9.22. The van der Waals surface area contributed by atoms with Crippen LogP contribution in [0.1, 0.15) is 12.0 Å². The second-order valence-electron chi connectivity index (χ2n) is 4.27. The van der Waals surface area contributed by atoms with Gasteiger partial charge in [0.15, 0.2) is 0 Å². The monoisotopic (exact) mass is 254 g/mol. The van der Waals surface area contributed by atoms with Gasteiger partial charge in [0.1, 0.15) is 5.82 Å². The van der Waals surface area contributed by atoms with Crippen LogP contribution in [0.2, 0.25) is 0 Å². The quantitative estimate of drug-likeness (QED) is 0.839. The third-order valence-electron chi connectivity index (χ3n) is 2.89. The molecule has 19 heavy (non-hydrogen) atoms. The first kappa shape index (κ1) is 13.1. The van der Waals surface area contributed by atoms with Crippen LogP contribution in [-0.4, -0.2) is 23.0 Å².